The lowest BCUT2D eigenvalue weighted by molar-refractivity contribution is -0.138. The van der Waals surface area contributed by atoms with E-state index in [1.807, 2.05) is 27.2 Å². The van der Waals surface area contributed by atoms with Gasteiger partial charge in [-0.05, 0) is 29.0 Å². The van der Waals surface area contributed by atoms with Gasteiger partial charge in [0.2, 0.25) is 11.8 Å². The van der Waals surface area contributed by atoms with Gasteiger partial charge in [-0.3, -0.25) is 19.4 Å². The average molecular weight is 469 g/mol. The summed E-state index contributed by atoms with van der Waals surface area (Å²) in [5.41, 5.74) is 2.59. The Morgan fingerprint density at radius 1 is 0.848 bits per heavy atom. The van der Waals surface area contributed by atoms with Crippen LogP contribution in [0, 0.1) is 0 Å². The third kappa shape index (κ3) is 5.14. The Bertz CT molecular complexity index is 952. The first-order valence-corrected chi connectivity index (χ1v) is 12.8. The molecule has 33 heavy (non-hydrogen) atoms. The molecule has 4 heterocycles. The number of nitrogens with zero attached hydrogens (tertiary/aromatic N) is 4. The van der Waals surface area contributed by atoms with Crippen LogP contribution >= 0.6 is 11.3 Å². The molecule has 0 unspecified atom stereocenters. The molecule has 1 aromatic heterocycles. The lowest BCUT2D eigenvalue weighted by Crippen LogP contribution is -2.54. The Labute approximate surface area is 199 Å². The summed E-state index contributed by atoms with van der Waals surface area (Å²) in [5, 5.41) is 2.17. The Hall–Kier alpha value is -2.26. The standard InChI is InChI=1S/C25H32N4O3S/c30-23(28-13-15-32-16-14-28)18-26-9-11-27(12-10-26)24(31)19-29-8-6-22-21(7-17-33-22)25(29)20-4-2-1-3-5-20/h1-5,7,17,25H,6,8-16,18-19H2/t25-/m0/s1. The molecule has 0 N–H and O–H groups in total. The summed E-state index contributed by atoms with van der Waals surface area (Å²) in [6.07, 6.45) is 1.00. The SMILES string of the molecule is O=C(CN1CCN(C(=O)CN2CCc3sccc3[C@@H]2c2ccccc2)CC1)N1CCOCC1. The van der Waals surface area contributed by atoms with E-state index in [0.29, 0.717) is 52.5 Å². The summed E-state index contributed by atoms with van der Waals surface area (Å²) in [5.74, 6) is 0.359. The Morgan fingerprint density at radius 2 is 1.55 bits per heavy atom. The van der Waals surface area contributed by atoms with Gasteiger partial charge in [-0.25, -0.2) is 0 Å². The fourth-order valence-corrected chi connectivity index (χ4v) is 6.00. The Balaban J connectivity index is 1.17. The fourth-order valence-electron chi connectivity index (χ4n) is 5.10. The second-order valence-corrected chi connectivity index (χ2v) is 9.98. The van der Waals surface area contributed by atoms with E-state index in [0.717, 1.165) is 26.1 Å². The molecule has 0 spiro atoms. The molecule has 5 rings (SSSR count). The van der Waals surface area contributed by atoms with Crippen molar-refractivity contribution in [2.75, 3.05) is 72.1 Å². The quantitative estimate of drug-likeness (QED) is 0.669. The van der Waals surface area contributed by atoms with Crippen LogP contribution in [0.5, 0.6) is 0 Å². The maximum absolute atomic E-state index is 13.2. The molecule has 2 amide bonds. The normalized spacial score (nSPS) is 22.2. The number of rotatable bonds is 5. The monoisotopic (exact) mass is 468 g/mol. The molecular weight excluding hydrogens is 436 g/mol. The van der Waals surface area contributed by atoms with Gasteiger partial charge in [0.05, 0.1) is 32.3 Å². The van der Waals surface area contributed by atoms with Crippen molar-refractivity contribution in [2.45, 2.75) is 12.5 Å². The fraction of sp³-hybridized carbons (Fsp3) is 0.520. The van der Waals surface area contributed by atoms with Crippen molar-refractivity contribution in [3.63, 3.8) is 0 Å². The molecule has 176 valence electrons. The van der Waals surface area contributed by atoms with Crippen molar-refractivity contribution >= 4 is 23.2 Å². The van der Waals surface area contributed by atoms with Gasteiger partial charge < -0.3 is 14.5 Å². The molecule has 2 fully saturated rings. The molecule has 0 aliphatic carbocycles. The summed E-state index contributed by atoms with van der Waals surface area (Å²) < 4.78 is 5.34. The van der Waals surface area contributed by atoms with Gasteiger partial charge >= 0.3 is 0 Å². The smallest absolute Gasteiger partial charge is 0.236 e. The highest BCUT2D eigenvalue weighted by molar-refractivity contribution is 7.10. The van der Waals surface area contributed by atoms with Crippen LogP contribution in [-0.4, -0.2) is 104 Å². The maximum Gasteiger partial charge on any atom is 0.236 e. The first-order chi connectivity index (χ1) is 16.2. The van der Waals surface area contributed by atoms with Gasteiger partial charge in [-0.1, -0.05) is 30.3 Å². The highest BCUT2D eigenvalue weighted by Crippen LogP contribution is 2.37. The third-order valence-electron chi connectivity index (χ3n) is 6.97. The van der Waals surface area contributed by atoms with E-state index in [4.69, 9.17) is 4.74 Å². The predicted octanol–water partition coefficient (Wildman–Crippen LogP) is 1.70. The van der Waals surface area contributed by atoms with Gasteiger partial charge in [0.25, 0.3) is 0 Å². The summed E-state index contributed by atoms with van der Waals surface area (Å²) in [6, 6.07) is 12.9. The van der Waals surface area contributed by atoms with Crippen molar-refractivity contribution in [2.24, 2.45) is 0 Å². The molecular formula is C25H32N4O3S. The molecule has 2 saturated heterocycles. The van der Waals surface area contributed by atoms with Gasteiger partial charge in [0, 0.05) is 50.7 Å². The summed E-state index contributed by atoms with van der Waals surface area (Å²) in [4.78, 5) is 35.6. The minimum absolute atomic E-state index is 0.137. The molecule has 3 aliphatic rings. The number of amides is 2. The summed E-state index contributed by atoms with van der Waals surface area (Å²) in [7, 11) is 0. The number of ether oxygens (including phenoxy) is 1. The van der Waals surface area contributed by atoms with Gasteiger partial charge in [-0.2, -0.15) is 0 Å². The van der Waals surface area contributed by atoms with Crippen LogP contribution in [0.2, 0.25) is 0 Å². The average Bonchev–Trinajstić information content (AvgIpc) is 3.34. The van der Waals surface area contributed by atoms with Crippen molar-refractivity contribution in [1.29, 1.82) is 0 Å². The lowest BCUT2D eigenvalue weighted by atomic mass is 9.93. The van der Waals surface area contributed by atoms with Crippen LogP contribution in [0.25, 0.3) is 0 Å². The van der Waals surface area contributed by atoms with E-state index in [1.54, 1.807) is 0 Å². The minimum Gasteiger partial charge on any atom is -0.378 e. The van der Waals surface area contributed by atoms with Gasteiger partial charge in [0.15, 0.2) is 0 Å². The van der Waals surface area contributed by atoms with E-state index in [1.165, 1.54) is 16.0 Å². The largest absolute Gasteiger partial charge is 0.378 e. The van der Waals surface area contributed by atoms with Crippen LogP contribution in [0.15, 0.2) is 41.8 Å². The van der Waals surface area contributed by atoms with Gasteiger partial charge in [0.1, 0.15) is 0 Å². The highest BCUT2D eigenvalue weighted by Gasteiger charge is 2.32. The molecule has 0 radical (unpaired) electrons. The van der Waals surface area contributed by atoms with Crippen molar-refractivity contribution in [1.82, 2.24) is 19.6 Å². The molecule has 0 bridgehead atoms. The second-order valence-electron chi connectivity index (χ2n) is 8.98. The van der Waals surface area contributed by atoms with Crippen molar-refractivity contribution < 1.29 is 14.3 Å². The van der Waals surface area contributed by atoms with Crippen molar-refractivity contribution in [3.8, 4) is 0 Å². The zero-order valence-corrected chi connectivity index (χ0v) is 19.8. The van der Waals surface area contributed by atoms with E-state index < -0.39 is 0 Å². The van der Waals surface area contributed by atoms with E-state index >= 15 is 0 Å². The molecule has 1 aromatic carbocycles. The van der Waals surface area contributed by atoms with Crippen molar-refractivity contribution in [3.05, 3.63) is 57.8 Å². The van der Waals surface area contributed by atoms with E-state index in [9.17, 15) is 9.59 Å². The van der Waals surface area contributed by atoms with Crippen LogP contribution < -0.4 is 0 Å². The number of hydrogen-bond donors (Lipinski definition) is 0. The first-order valence-electron chi connectivity index (χ1n) is 11.9. The van der Waals surface area contributed by atoms with Gasteiger partial charge in [-0.15, -0.1) is 11.3 Å². The number of carbonyl (C=O) groups is 2. The second kappa shape index (κ2) is 10.3. The molecule has 7 nitrogen and oxygen atoms in total. The number of benzene rings is 1. The zero-order chi connectivity index (χ0) is 22.6. The van der Waals surface area contributed by atoms with Crippen LogP contribution in [0.4, 0.5) is 0 Å². The zero-order valence-electron chi connectivity index (χ0n) is 19.0. The number of piperazine rings is 1. The number of carbonyl (C=O) groups excluding carboxylic acids is 2. The molecule has 1 atom stereocenters. The summed E-state index contributed by atoms with van der Waals surface area (Å²) >= 11 is 1.82. The predicted molar refractivity (Wildman–Crippen MR) is 128 cm³/mol. The lowest BCUT2D eigenvalue weighted by Gasteiger charge is -2.39. The topological polar surface area (TPSA) is 56.3 Å². The molecule has 8 heteroatoms. The number of thiophene rings is 1. The van der Waals surface area contributed by atoms with Crippen LogP contribution in [0.1, 0.15) is 22.0 Å². The number of hydrogen-bond acceptors (Lipinski definition) is 6. The maximum atomic E-state index is 13.2. The van der Waals surface area contributed by atoms with E-state index in [2.05, 4.69) is 45.5 Å². The Morgan fingerprint density at radius 3 is 2.30 bits per heavy atom. The van der Waals surface area contributed by atoms with E-state index in [-0.39, 0.29) is 17.9 Å². The molecule has 2 aromatic rings. The molecule has 0 saturated carbocycles. The minimum atomic E-state index is 0.137. The number of morpholine rings is 1. The molecule has 3 aliphatic heterocycles. The number of fused-ring (bicyclic) bond motifs is 1. The first kappa shape index (κ1) is 22.5. The Kier molecular flexibility index (Phi) is 7.06. The highest BCUT2D eigenvalue weighted by atomic mass is 32.1. The third-order valence-corrected chi connectivity index (χ3v) is 7.96. The summed E-state index contributed by atoms with van der Waals surface area (Å²) in [6.45, 7) is 7.24. The van der Waals surface area contributed by atoms with Crippen LogP contribution in [-0.2, 0) is 20.7 Å². The van der Waals surface area contributed by atoms with Crippen LogP contribution in [0.3, 0.4) is 0 Å².